The number of anilines is 3. The zero-order valence-electron chi connectivity index (χ0n) is 14.5. The number of hydrogen-bond acceptors (Lipinski definition) is 8. The third-order valence-corrected chi connectivity index (χ3v) is 4.67. The van der Waals surface area contributed by atoms with Crippen molar-refractivity contribution < 1.29 is 0 Å². The molecule has 0 atom stereocenters. The molecule has 0 amide bonds. The van der Waals surface area contributed by atoms with Crippen LogP contribution < -0.4 is 16.8 Å². The summed E-state index contributed by atoms with van der Waals surface area (Å²) in [6.45, 7) is 3.08. The number of nitrogen functional groups attached to an aromatic ring is 2. The van der Waals surface area contributed by atoms with Crippen molar-refractivity contribution in [3.63, 3.8) is 0 Å². The number of piperidine rings is 1. The fourth-order valence-electron chi connectivity index (χ4n) is 3.29. The molecule has 0 bridgehead atoms. The Morgan fingerprint density at radius 3 is 2.58 bits per heavy atom. The highest BCUT2D eigenvalue weighted by molar-refractivity contribution is 5.85. The topological polar surface area (TPSA) is 119 Å². The summed E-state index contributed by atoms with van der Waals surface area (Å²) in [5.41, 5.74) is 13.3. The van der Waals surface area contributed by atoms with Crippen molar-refractivity contribution in [3.05, 3.63) is 42.1 Å². The standard InChI is InChI=1S/C18H22N8/c19-15-14-10-21-18(25-16(14)24-17(20)23-15)22-13-6-8-26(9-7-13)11-12-4-2-1-3-5-12/h1-5,10,13H,6-9,11H2,(H5,19,20,21,22,23,24,25). The Balaban J connectivity index is 1.37. The molecule has 3 heterocycles. The van der Waals surface area contributed by atoms with Gasteiger partial charge in [-0.15, -0.1) is 0 Å². The van der Waals surface area contributed by atoms with Crippen molar-refractivity contribution >= 4 is 28.7 Å². The zero-order valence-corrected chi connectivity index (χ0v) is 14.5. The van der Waals surface area contributed by atoms with Gasteiger partial charge in [0.1, 0.15) is 5.82 Å². The molecular weight excluding hydrogens is 328 g/mol. The first-order valence-corrected chi connectivity index (χ1v) is 8.76. The van der Waals surface area contributed by atoms with Crippen molar-refractivity contribution in [2.45, 2.75) is 25.4 Å². The highest BCUT2D eigenvalue weighted by Crippen LogP contribution is 2.20. The van der Waals surface area contributed by atoms with Crippen molar-refractivity contribution in [1.82, 2.24) is 24.8 Å². The molecular formula is C18H22N8. The number of nitrogens with two attached hydrogens (primary N) is 2. The fourth-order valence-corrected chi connectivity index (χ4v) is 3.29. The average Bonchev–Trinajstić information content (AvgIpc) is 2.64. The normalized spacial score (nSPS) is 16.0. The van der Waals surface area contributed by atoms with Crippen molar-refractivity contribution in [3.8, 4) is 0 Å². The average molecular weight is 350 g/mol. The van der Waals surface area contributed by atoms with Crippen LogP contribution in [0.5, 0.6) is 0 Å². The molecule has 0 spiro atoms. The molecule has 134 valence electrons. The molecule has 1 saturated heterocycles. The Bertz CT molecular complexity index is 890. The van der Waals surface area contributed by atoms with Crippen LogP contribution >= 0.6 is 0 Å². The molecule has 0 saturated carbocycles. The van der Waals surface area contributed by atoms with E-state index in [1.807, 2.05) is 0 Å². The highest BCUT2D eigenvalue weighted by Gasteiger charge is 2.20. The zero-order chi connectivity index (χ0) is 17.9. The van der Waals surface area contributed by atoms with Crippen LogP contribution in [0.1, 0.15) is 18.4 Å². The molecule has 0 aliphatic carbocycles. The van der Waals surface area contributed by atoms with Gasteiger partial charge in [0.2, 0.25) is 11.9 Å². The monoisotopic (exact) mass is 350 g/mol. The first kappa shape index (κ1) is 16.5. The maximum absolute atomic E-state index is 5.83. The van der Waals surface area contributed by atoms with Gasteiger partial charge in [0, 0.05) is 31.9 Å². The second kappa shape index (κ2) is 7.09. The van der Waals surface area contributed by atoms with Crippen molar-refractivity contribution in [2.75, 3.05) is 29.9 Å². The van der Waals surface area contributed by atoms with E-state index < -0.39 is 0 Å². The number of fused-ring (bicyclic) bond motifs is 1. The van der Waals surface area contributed by atoms with Gasteiger partial charge < -0.3 is 16.8 Å². The maximum Gasteiger partial charge on any atom is 0.224 e. The van der Waals surface area contributed by atoms with Crippen LogP contribution in [-0.2, 0) is 6.54 Å². The van der Waals surface area contributed by atoms with Gasteiger partial charge in [0.25, 0.3) is 0 Å². The Morgan fingerprint density at radius 1 is 1.04 bits per heavy atom. The Morgan fingerprint density at radius 2 is 1.81 bits per heavy atom. The number of aromatic nitrogens is 4. The number of rotatable bonds is 4. The molecule has 26 heavy (non-hydrogen) atoms. The maximum atomic E-state index is 5.83. The second-order valence-electron chi connectivity index (χ2n) is 6.58. The van der Waals surface area contributed by atoms with Gasteiger partial charge in [-0.25, -0.2) is 4.98 Å². The highest BCUT2D eigenvalue weighted by atomic mass is 15.2. The molecule has 0 unspecified atom stereocenters. The van der Waals surface area contributed by atoms with Gasteiger partial charge in [-0.2, -0.15) is 15.0 Å². The lowest BCUT2D eigenvalue weighted by atomic mass is 10.0. The molecule has 3 aromatic rings. The molecule has 1 fully saturated rings. The van der Waals surface area contributed by atoms with E-state index in [4.69, 9.17) is 11.5 Å². The predicted molar refractivity (Wildman–Crippen MR) is 102 cm³/mol. The SMILES string of the molecule is Nc1nc(N)c2cnc(NC3CCN(Cc4ccccc4)CC3)nc2n1. The molecule has 0 radical (unpaired) electrons. The van der Waals surface area contributed by atoms with Crippen LogP contribution in [-0.4, -0.2) is 44.0 Å². The van der Waals surface area contributed by atoms with Crippen LogP contribution in [0.15, 0.2) is 36.5 Å². The third kappa shape index (κ3) is 3.65. The van der Waals surface area contributed by atoms with Crippen LogP contribution in [0.25, 0.3) is 11.0 Å². The van der Waals surface area contributed by atoms with E-state index in [-0.39, 0.29) is 5.95 Å². The lowest BCUT2D eigenvalue weighted by Gasteiger charge is -2.32. The summed E-state index contributed by atoms with van der Waals surface area (Å²) in [5.74, 6) is 0.971. The molecule has 1 aliphatic rings. The van der Waals surface area contributed by atoms with Crippen molar-refractivity contribution in [1.29, 1.82) is 0 Å². The molecule has 4 rings (SSSR count). The first-order chi connectivity index (χ1) is 12.7. The molecule has 1 aliphatic heterocycles. The summed E-state index contributed by atoms with van der Waals surface area (Å²) in [6, 6.07) is 10.9. The molecule has 8 heteroatoms. The molecule has 2 aromatic heterocycles. The fraction of sp³-hybridized carbons (Fsp3) is 0.333. The van der Waals surface area contributed by atoms with Crippen LogP contribution in [0.3, 0.4) is 0 Å². The van der Waals surface area contributed by atoms with E-state index in [2.05, 4.69) is 60.5 Å². The van der Waals surface area contributed by atoms with Crippen LogP contribution in [0.4, 0.5) is 17.7 Å². The van der Waals surface area contributed by atoms with E-state index in [0.29, 0.717) is 28.8 Å². The van der Waals surface area contributed by atoms with Crippen LogP contribution in [0, 0.1) is 0 Å². The number of nitrogens with one attached hydrogen (secondary N) is 1. The summed E-state index contributed by atoms with van der Waals surface area (Å²) in [7, 11) is 0. The third-order valence-electron chi connectivity index (χ3n) is 4.67. The van der Waals surface area contributed by atoms with E-state index in [0.717, 1.165) is 32.5 Å². The lowest BCUT2D eigenvalue weighted by Crippen LogP contribution is -2.38. The molecule has 5 N–H and O–H groups in total. The number of benzene rings is 1. The molecule has 1 aromatic carbocycles. The summed E-state index contributed by atoms with van der Waals surface area (Å²) in [6.07, 6.45) is 3.73. The minimum Gasteiger partial charge on any atom is -0.383 e. The summed E-state index contributed by atoms with van der Waals surface area (Å²) in [5, 5.41) is 4.02. The number of hydrogen-bond donors (Lipinski definition) is 3. The summed E-state index contributed by atoms with van der Waals surface area (Å²) < 4.78 is 0. The van der Waals surface area contributed by atoms with Gasteiger partial charge in [-0.1, -0.05) is 30.3 Å². The van der Waals surface area contributed by atoms with E-state index in [1.165, 1.54) is 5.56 Å². The smallest absolute Gasteiger partial charge is 0.224 e. The number of nitrogens with zero attached hydrogens (tertiary/aromatic N) is 5. The Hall–Kier alpha value is -3.00. The summed E-state index contributed by atoms with van der Waals surface area (Å²) >= 11 is 0. The van der Waals surface area contributed by atoms with Gasteiger partial charge in [0.15, 0.2) is 5.65 Å². The minimum atomic E-state index is 0.119. The number of likely N-dealkylation sites (tertiary alicyclic amines) is 1. The van der Waals surface area contributed by atoms with E-state index in [1.54, 1.807) is 6.20 Å². The quantitative estimate of drug-likeness (QED) is 0.650. The van der Waals surface area contributed by atoms with Gasteiger partial charge >= 0.3 is 0 Å². The largest absolute Gasteiger partial charge is 0.383 e. The predicted octanol–water partition coefficient (Wildman–Crippen LogP) is 1.66. The van der Waals surface area contributed by atoms with E-state index >= 15 is 0 Å². The van der Waals surface area contributed by atoms with Gasteiger partial charge in [0.05, 0.1) is 5.39 Å². The van der Waals surface area contributed by atoms with Crippen molar-refractivity contribution in [2.24, 2.45) is 0 Å². The van der Waals surface area contributed by atoms with Gasteiger partial charge in [-0.05, 0) is 18.4 Å². The Kier molecular flexibility index (Phi) is 4.49. The summed E-state index contributed by atoms with van der Waals surface area (Å²) in [4.78, 5) is 19.3. The minimum absolute atomic E-state index is 0.119. The molecule has 8 nitrogen and oxygen atoms in total. The van der Waals surface area contributed by atoms with Gasteiger partial charge in [-0.3, -0.25) is 4.90 Å². The second-order valence-corrected chi connectivity index (χ2v) is 6.58. The first-order valence-electron chi connectivity index (χ1n) is 8.76. The van der Waals surface area contributed by atoms with E-state index in [9.17, 15) is 0 Å². The Labute approximate surface area is 151 Å². The van der Waals surface area contributed by atoms with Crippen LogP contribution in [0.2, 0.25) is 0 Å². The lowest BCUT2D eigenvalue weighted by molar-refractivity contribution is 0.211.